The Bertz CT molecular complexity index is 1950. The predicted octanol–water partition coefficient (Wildman–Crippen LogP) is 9.24. The molecule has 0 N–H and O–H groups in total. The van der Waals surface area contributed by atoms with Gasteiger partial charge in [0.1, 0.15) is 0 Å². The Morgan fingerprint density at radius 2 is 0.476 bits per heavy atom. The number of benzene rings is 8. The van der Waals surface area contributed by atoms with Crippen molar-refractivity contribution in [1.29, 1.82) is 0 Å². The molecule has 0 aliphatic carbocycles. The first-order valence-corrected chi connectivity index (χ1v) is 18.3. The Morgan fingerprint density at radius 3 is 0.738 bits per heavy atom. The maximum atomic E-state index is 3.65. The second kappa shape index (κ2) is 9.61. The Hall–Kier alpha value is -4.34. The van der Waals surface area contributed by atoms with E-state index in [-0.39, 0.29) is 0 Å². The van der Waals surface area contributed by atoms with Crippen LogP contribution in [0.25, 0.3) is 43.1 Å². The molecule has 1 atom stereocenters. The van der Waals surface area contributed by atoms with Crippen LogP contribution in [-0.2, 0) is 0 Å². The Morgan fingerprint density at radius 1 is 0.262 bits per heavy atom. The van der Waals surface area contributed by atoms with E-state index in [2.05, 4.69) is 179 Å². The summed E-state index contributed by atoms with van der Waals surface area (Å²) in [6.07, 6.45) is -3.59. The van der Waals surface area contributed by atoms with E-state index in [0.717, 1.165) is 0 Å². The Balaban J connectivity index is 1.75. The van der Waals surface area contributed by atoms with Crippen molar-refractivity contribution in [1.82, 2.24) is 0 Å². The fourth-order valence-electron chi connectivity index (χ4n) is 7.23. The number of fused-ring (bicyclic) bond motifs is 4. The van der Waals surface area contributed by atoms with Gasteiger partial charge in [0.15, 0.2) is 0 Å². The van der Waals surface area contributed by atoms with Crippen LogP contribution in [0.3, 0.4) is 0 Å². The number of rotatable bonds is 4. The molecule has 0 spiro atoms. The molecule has 8 aromatic carbocycles. The second-order valence-electron chi connectivity index (χ2n) is 11.2. The first kappa shape index (κ1) is 25.4. The van der Waals surface area contributed by atoms with Crippen LogP contribution < -0.4 is 21.2 Å². The average Bonchev–Trinajstić information content (AvgIpc) is 3.07. The van der Waals surface area contributed by atoms with Gasteiger partial charge in [-0.2, -0.15) is 0 Å². The zero-order chi connectivity index (χ0) is 28.2. The molecule has 42 heavy (non-hydrogen) atoms. The third-order valence-corrected chi connectivity index (χ3v) is 18.0. The summed E-state index contributed by atoms with van der Waals surface area (Å²) in [7, 11) is 3.65. The van der Waals surface area contributed by atoms with E-state index in [1.807, 2.05) is 0 Å². The fourth-order valence-corrected chi connectivity index (χ4v) is 15.9. The van der Waals surface area contributed by atoms with Gasteiger partial charge in [-0.3, -0.25) is 0 Å². The van der Waals surface area contributed by atoms with Crippen molar-refractivity contribution >= 4 is 79.5 Å². The van der Waals surface area contributed by atoms with Crippen LogP contribution in [0.2, 0.25) is 0 Å². The SMILES string of the molecule is PP(c1cccc2ccccc12)(c1cccc2ccccc12)(c1cccc2ccccc12)c1cccc2ccccc12. The number of hydrogen-bond donors (Lipinski definition) is 0. The summed E-state index contributed by atoms with van der Waals surface area (Å²) in [6, 6.07) is 63.2. The van der Waals surface area contributed by atoms with Gasteiger partial charge in [-0.1, -0.05) is 0 Å². The van der Waals surface area contributed by atoms with Crippen LogP contribution in [-0.4, -0.2) is 0 Å². The molecule has 0 saturated heterocycles. The van der Waals surface area contributed by atoms with E-state index >= 15 is 0 Å². The third kappa shape index (κ3) is 3.44. The zero-order valence-corrected chi connectivity index (χ0v) is 25.2. The second-order valence-corrected chi connectivity index (χ2v) is 18.6. The molecule has 0 saturated carbocycles. The van der Waals surface area contributed by atoms with Crippen molar-refractivity contribution in [3.8, 4) is 0 Å². The van der Waals surface area contributed by atoms with E-state index in [0.29, 0.717) is 0 Å². The summed E-state index contributed by atoms with van der Waals surface area (Å²) in [6.45, 7) is 0. The van der Waals surface area contributed by atoms with Gasteiger partial charge in [-0.15, -0.1) is 0 Å². The van der Waals surface area contributed by atoms with Gasteiger partial charge in [0.05, 0.1) is 0 Å². The van der Waals surface area contributed by atoms with Crippen molar-refractivity contribution in [3.05, 3.63) is 170 Å². The summed E-state index contributed by atoms with van der Waals surface area (Å²) in [4.78, 5) is 0. The molecule has 0 amide bonds. The molecule has 8 rings (SSSR count). The van der Waals surface area contributed by atoms with Crippen LogP contribution in [0.15, 0.2) is 170 Å². The summed E-state index contributed by atoms with van der Waals surface area (Å²) in [5.74, 6) is 0. The average molecular weight is 573 g/mol. The minimum atomic E-state index is -3.59. The molecule has 8 aromatic rings. The predicted molar refractivity (Wildman–Crippen MR) is 191 cm³/mol. The van der Waals surface area contributed by atoms with E-state index in [4.69, 9.17) is 0 Å². The molecule has 1 unspecified atom stereocenters. The summed E-state index contributed by atoms with van der Waals surface area (Å²) in [5, 5.41) is 15.7. The first-order chi connectivity index (χ1) is 20.7. The monoisotopic (exact) mass is 572 g/mol. The first-order valence-electron chi connectivity index (χ1n) is 14.4. The van der Waals surface area contributed by atoms with Crippen molar-refractivity contribution in [2.75, 3.05) is 0 Å². The molecule has 0 aliphatic rings. The molecular weight excluding hydrogens is 542 g/mol. The van der Waals surface area contributed by atoms with Gasteiger partial charge in [0.2, 0.25) is 0 Å². The van der Waals surface area contributed by atoms with E-state index in [1.165, 1.54) is 64.3 Å². The molecular formula is C40H30P2. The fraction of sp³-hybridized carbons (Fsp3) is 0. The molecule has 0 aromatic heterocycles. The molecule has 0 nitrogen and oxygen atoms in total. The van der Waals surface area contributed by atoms with Crippen LogP contribution in [0.4, 0.5) is 0 Å². The Labute approximate surface area is 248 Å². The van der Waals surface area contributed by atoms with Crippen LogP contribution in [0.1, 0.15) is 0 Å². The zero-order valence-electron chi connectivity index (χ0n) is 23.2. The quantitative estimate of drug-likeness (QED) is 0.185. The number of hydrogen-bond acceptors (Lipinski definition) is 0. The normalized spacial score (nSPS) is 12.9. The standard InChI is InChI=1S/C40H30P2/c41-42(37-25-9-17-29-13-1-5-21-33(29)37,38-26-10-18-30-14-2-6-22-34(30)38,39-27-11-19-31-15-3-7-23-35(31)39)40-28-12-20-32-16-4-8-24-36(32)40/h1-28H,41H2. The van der Waals surface area contributed by atoms with Crippen LogP contribution in [0.5, 0.6) is 0 Å². The van der Waals surface area contributed by atoms with E-state index in [9.17, 15) is 0 Å². The van der Waals surface area contributed by atoms with Gasteiger partial charge >= 0.3 is 249 Å². The topological polar surface area (TPSA) is 0 Å². The molecule has 0 heterocycles. The Kier molecular flexibility index (Phi) is 5.80. The molecule has 0 aliphatic heterocycles. The molecule has 0 radical (unpaired) electrons. The summed E-state index contributed by atoms with van der Waals surface area (Å²) >= 11 is 0. The van der Waals surface area contributed by atoms with E-state index < -0.39 is 6.29 Å². The van der Waals surface area contributed by atoms with Gasteiger partial charge in [-0.25, -0.2) is 0 Å². The van der Waals surface area contributed by atoms with Gasteiger partial charge in [-0.05, 0) is 0 Å². The van der Waals surface area contributed by atoms with Gasteiger partial charge in [0.25, 0.3) is 0 Å². The van der Waals surface area contributed by atoms with Crippen molar-refractivity contribution in [3.63, 3.8) is 0 Å². The van der Waals surface area contributed by atoms with Crippen molar-refractivity contribution in [2.24, 2.45) is 0 Å². The summed E-state index contributed by atoms with van der Waals surface area (Å²) < 4.78 is 0. The maximum absolute atomic E-state index is 3.65. The van der Waals surface area contributed by atoms with Crippen molar-refractivity contribution < 1.29 is 0 Å². The van der Waals surface area contributed by atoms with Crippen LogP contribution in [0, 0.1) is 0 Å². The van der Waals surface area contributed by atoms with E-state index in [1.54, 1.807) is 0 Å². The van der Waals surface area contributed by atoms with Crippen molar-refractivity contribution in [2.45, 2.75) is 0 Å². The molecule has 2 heteroatoms. The third-order valence-electron chi connectivity index (χ3n) is 9.07. The van der Waals surface area contributed by atoms with Crippen LogP contribution >= 0.6 is 15.2 Å². The molecule has 200 valence electrons. The van der Waals surface area contributed by atoms with Gasteiger partial charge in [0, 0.05) is 0 Å². The molecule has 0 bridgehead atoms. The summed E-state index contributed by atoms with van der Waals surface area (Å²) in [5.41, 5.74) is 0. The minimum absolute atomic E-state index is 1.26. The van der Waals surface area contributed by atoms with Gasteiger partial charge < -0.3 is 0 Å². The molecule has 0 fully saturated rings.